The van der Waals surface area contributed by atoms with Crippen molar-refractivity contribution in [1.82, 2.24) is 30.0 Å². The molecule has 0 aliphatic heterocycles. The van der Waals surface area contributed by atoms with Crippen LogP contribution in [0, 0.1) is 11.8 Å². The van der Waals surface area contributed by atoms with Crippen molar-refractivity contribution >= 4 is 51.6 Å². The predicted molar refractivity (Wildman–Crippen MR) is 208 cm³/mol. The lowest BCUT2D eigenvalue weighted by molar-refractivity contribution is -0.130. The molecule has 15 nitrogen and oxygen atoms in total. The van der Waals surface area contributed by atoms with Gasteiger partial charge in [-0.15, -0.1) is 0 Å². The fraction of sp³-hybridized carbons (Fsp3) is 0.400. The van der Waals surface area contributed by atoms with Crippen molar-refractivity contribution in [3.8, 4) is 11.1 Å². The minimum atomic E-state index is -1.26. The lowest BCUT2D eigenvalue weighted by Gasteiger charge is -2.29. The second-order valence-corrected chi connectivity index (χ2v) is 15.5. The Labute approximate surface area is 316 Å². The second kappa shape index (κ2) is 15.7. The minimum absolute atomic E-state index is 0.172. The van der Waals surface area contributed by atoms with E-state index in [1.165, 1.54) is 4.68 Å². The van der Waals surface area contributed by atoms with Gasteiger partial charge >= 0.3 is 17.9 Å². The fourth-order valence-corrected chi connectivity index (χ4v) is 7.14. The number of aromatic nitrogens is 4. The lowest BCUT2D eigenvalue weighted by Crippen LogP contribution is -2.48. The van der Waals surface area contributed by atoms with Crippen LogP contribution in [0.4, 0.5) is 15.3 Å². The van der Waals surface area contributed by atoms with Crippen molar-refractivity contribution in [3.63, 3.8) is 0 Å². The number of nitrogens with zero attached hydrogens (tertiary/aromatic N) is 2. The molecule has 0 unspecified atom stereocenters. The summed E-state index contributed by atoms with van der Waals surface area (Å²) in [6.07, 6.45) is 1.12. The first kappa shape index (κ1) is 38.6. The molecule has 15 heteroatoms. The number of rotatable bonds is 10. The summed E-state index contributed by atoms with van der Waals surface area (Å²) in [5.41, 5.74) is 2.73. The van der Waals surface area contributed by atoms with Gasteiger partial charge in [-0.2, -0.15) is 4.68 Å². The molecule has 0 spiro atoms. The average Bonchev–Trinajstić information content (AvgIpc) is 3.65. The Bertz CT molecular complexity index is 2350. The number of ether oxygens (including phenoxy) is 1. The average molecular weight is 754 g/mol. The molecule has 1 saturated carbocycles. The largest absolute Gasteiger partial charge is 0.463 e. The third kappa shape index (κ3) is 8.99. The van der Waals surface area contributed by atoms with Gasteiger partial charge in [0.15, 0.2) is 0 Å². The van der Waals surface area contributed by atoms with E-state index in [-0.39, 0.29) is 47.0 Å². The normalized spacial score (nSPS) is 16.5. The first-order chi connectivity index (χ1) is 26.1. The quantitative estimate of drug-likeness (QED) is 0.103. The van der Waals surface area contributed by atoms with Crippen LogP contribution in [0.3, 0.4) is 0 Å². The van der Waals surface area contributed by atoms with E-state index < -0.39 is 29.7 Å². The summed E-state index contributed by atoms with van der Waals surface area (Å²) in [5.74, 6) is -0.764. The van der Waals surface area contributed by atoms with Gasteiger partial charge in [-0.3, -0.25) is 14.4 Å². The van der Waals surface area contributed by atoms with Crippen molar-refractivity contribution in [2.45, 2.75) is 84.4 Å². The zero-order valence-corrected chi connectivity index (χ0v) is 31.5. The maximum absolute atomic E-state index is 13.8. The number of amides is 3. The highest BCUT2D eigenvalue weighted by Gasteiger charge is 2.30. The first-order valence-corrected chi connectivity index (χ1v) is 18.5. The minimum Gasteiger partial charge on any atom is -0.463 e. The highest BCUT2D eigenvalue weighted by atomic mass is 16.6. The van der Waals surface area contributed by atoms with Crippen molar-refractivity contribution in [3.05, 3.63) is 87.1 Å². The number of imidazole rings is 1. The number of H-pyrrole nitrogens is 2. The topological polar surface area (TPSA) is 209 Å². The monoisotopic (exact) mass is 753 g/mol. The molecule has 2 aromatic heterocycles. The van der Waals surface area contributed by atoms with Crippen LogP contribution in [0.25, 0.3) is 33.1 Å². The van der Waals surface area contributed by atoms with E-state index in [0.29, 0.717) is 47.1 Å². The van der Waals surface area contributed by atoms with Gasteiger partial charge in [-0.1, -0.05) is 30.3 Å². The molecule has 55 heavy (non-hydrogen) atoms. The Kier molecular flexibility index (Phi) is 11.0. The van der Waals surface area contributed by atoms with E-state index in [9.17, 15) is 33.9 Å². The first-order valence-electron chi connectivity index (χ1n) is 18.5. The summed E-state index contributed by atoms with van der Waals surface area (Å²) in [5, 5.41) is 18.9. The van der Waals surface area contributed by atoms with E-state index in [0.717, 1.165) is 28.7 Å². The van der Waals surface area contributed by atoms with Gasteiger partial charge in [0.25, 0.3) is 5.56 Å². The molecular formula is C40H47N7O8. The van der Waals surface area contributed by atoms with Crippen LogP contribution in [0.2, 0.25) is 0 Å². The number of carbonyl (C=O) groups is 4. The predicted octanol–water partition coefficient (Wildman–Crippen LogP) is 5.74. The molecule has 290 valence electrons. The van der Waals surface area contributed by atoms with Crippen LogP contribution in [0.1, 0.15) is 71.9 Å². The van der Waals surface area contributed by atoms with Crippen molar-refractivity contribution in [2.75, 3.05) is 11.9 Å². The molecular weight excluding hydrogens is 706 g/mol. The van der Waals surface area contributed by atoms with Crippen molar-refractivity contribution in [2.24, 2.45) is 11.8 Å². The molecule has 5 aromatic rings. The number of benzene rings is 3. The van der Waals surface area contributed by atoms with Crippen molar-refractivity contribution < 1.29 is 29.0 Å². The number of nitrogens with one attached hydrogen (secondary N) is 5. The molecule has 3 aromatic carbocycles. The van der Waals surface area contributed by atoms with E-state index in [2.05, 4.69) is 25.9 Å². The molecule has 6 rings (SSSR count). The molecule has 0 radical (unpaired) electrons. The molecule has 0 saturated heterocycles. The van der Waals surface area contributed by atoms with Crippen LogP contribution in [-0.4, -0.2) is 66.6 Å². The fourth-order valence-electron chi connectivity index (χ4n) is 7.14. The van der Waals surface area contributed by atoms with E-state index in [1.54, 1.807) is 71.0 Å². The number of carboxylic acid groups (broad SMARTS) is 1. The number of hydrogen-bond acceptors (Lipinski definition) is 7. The maximum atomic E-state index is 13.8. The summed E-state index contributed by atoms with van der Waals surface area (Å²) in [7, 11) is 0. The summed E-state index contributed by atoms with van der Waals surface area (Å²) in [4.78, 5) is 81.9. The summed E-state index contributed by atoms with van der Waals surface area (Å²) in [6.45, 7) is 9.37. The Morgan fingerprint density at radius 3 is 2.22 bits per heavy atom. The van der Waals surface area contributed by atoms with Gasteiger partial charge < -0.3 is 35.8 Å². The Morgan fingerprint density at radius 2 is 1.56 bits per heavy atom. The second-order valence-electron chi connectivity index (χ2n) is 15.5. The SMILES string of the molecule is CC(C)n1c(=O)c2ccc(-c3ccc(C[C@H](NC(=O)[C@H]4CC[C@H](CNC(=O)OC(C)(C)C)CC4)C(=O)Nc4ccc5[nH]c(=O)[nH]c5c4)cc3)cc2n1C(=O)O. The molecule has 1 fully saturated rings. The highest BCUT2D eigenvalue weighted by molar-refractivity contribution is 5.99. The van der Waals surface area contributed by atoms with Crippen LogP contribution in [-0.2, 0) is 20.7 Å². The van der Waals surface area contributed by atoms with Gasteiger partial charge in [0.2, 0.25) is 11.8 Å². The molecule has 6 N–H and O–H groups in total. The van der Waals surface area contributed by atoms with Crippen LogP contribution >= 0.6 is 0 Å². The van der Waals surface area contributed by atoms with Gasteiger partial charge in [-0.05, 0) is 113 Å². The summed E-state index contributed by atoms with van der Waals surface area (Å²) < 4.78 is 7.53. The molecule has 0 bridgehead atoms. The van der Waals surface area contributed by atoms with Crippen LogP contribution in [0.5, 0.6) is 0 Å². The van der Waals surface area contributed by atoms with Gasteiger partial charge in [0.1, 0.15) is 11.6 Å². The molecule has 1 aliphatic rings. The highest BCUT2D eigenvalue weighted by Crippen LogP contribution is 2.30. The van der Waals surface area contributed by atoms with Crippen molar-refractivity contribution in [1.29, 1.82) is 0 Å². The van der Waals surface area contributed by atoms with Crippen LogP contribution < -0.4 is 27.2 Å². The van der Waals surface area contributed by atoms with Crippen LogP contribution in [0.15, 0.2) is 70.3 Å². The smallest absolute Gasteiger partial charge is 0.431 e. The zero-order chi connectivity index (χ0) is 39.6. The van der Waals surface area contributed by atoms with Gasteiger partial charge in [0, 0.05) is 30.6 Å². The zero-order valence-electron chi connectivity index (χ0n) is 31.5. The van der Waals surface area contributed by atoms with E-state index in [4.69, 9.17) is 4.74 Å². The third-order valence-corrected chi connectivity index (χ3v) is 9.85. The lowest BCUT2D eigenvalue weighted by atomic mass is 9.81. The number of carbonyl (C=O) groups excluding carboxylic acids is 3. The summed E-state index contributed by atoms with van der Waals surface area (Å²) in [6, 6.07) is 16.1. The maximum Gasteiger partial charge on any atom is 0.431 e. The number of alkyl carbamates (subject to hydrolysis) is 1. The van der Waals surface area contributed by atoms with Gasteiger partial charge in [-0.25, -0.2) is 19.1 Å². The summed E-state index contributed by atoms with van der Waals surface area (Å²) >= 11 is 0. The third-order valence-electron chi connectivity index (χ3n) is 9.85. The number of fused-ring (bicyclic) bond motifs is 2. The molecule has 1 atom stereocenters. The number of hydrogen-bond donors (Lipinski definition) is 6. The Balaban J connectivity index is 1.18. The standard InChI is InChI=1S/C40H47N7O8/c1-22(2)46-36(50)29-16-14-27(19-33(29)47(46)39(53)54)25-10-6-23(7-11-25)18-32(35(49)42-28-15-17-30-31(20-28)45-37(51)44-30)43-34(48)26-12-8-24(9-13-26)21-41-38(52)55-40(3,4)5/h6-7,10-11,14-17,19-20,22,24,26,32H,8-9,12-13,18,21H2,1-5H3,(H,41,52)(H,42,49)(H,43,48)(H,53,54)(H2,44,45,51)/t24-,26-,32-/m0/s1. The van der Waals surface area contributed by atoms with Gasteiger partial charge in [0.05, 0.1) is 21.9 Å². The molecule has 3 amide bonds. The van der Waals surface area contributed by atoms with E-state index in [1.807, 2.05) is 24.3 Å². The Morgan fingerprint density at radius 1 is 0.891 bits per heavy atom. The molecule has 2 heterocycles. The number of anilines is 1. The number of aromatic amines is 2. The molecule has 1 aliphatic carbocycles. The van der Waals surface area contributed by atoms with E-state index >= 15 is 0 Å². The Hall–Kier alpha value is -6.12.